The average Bonchev–Trinajstić information content (AvgIpc) is 2.84. The summed E-state index contributed by atoms with van der Waals surface area (Å²) in [6.07, 6.45) is 1.56. The maximum Gasteiger partial charge on any atom is 0.255 e. The quantitative estimate of drug-likeness (QED) is 0.628. The topological polar surface area (TPSA) is 86.8 Å². The van der Waals surface area contributed by atoms with Gasteiger partial charge in [-0.3, -0.25) is 19.7 Å². The van der Waals surface area contributed by atoms with Gasteiger partial charge in [0.25, 0.3) is 5.91 Å². The molecular weight excluding hydrogens is 310 g/mol. The minimum Gasteiger partial charge on any atom is -0.370 e. The van der Waals surface area contributed by atoms with Gasteiger partial charge in [0.05, 0.1) is 0 Å². The number of fused-ring (bicyclic) bond motifs is 1. The molecule has 4 rings (SSSR count). The zero-order valence-corrected chi connectivity index (χ0v) is 13.0. The molecule has 1 atom stereocenters. The Bertz CT molecular complexity index is 754. The predicted molar refractivity (Wildman–Crippen MR) is 84.3 cm³/mol. The highest BCUT2D eigenvalue weighted by Gasteiger charge is 2.41. The van der Waals surface area contributed by atoms with E-state index >= 15 is 0 Å². The van der Waals surface area contributed by atoms with E-state index in [2.05, 4.69) is 10.2 Å². The molecule has 24 heavy (non-hydrogen) atoms. The van der Waals surface area contributed by atoms with Gasteiger partial charge in [0, 0.05) is 48.8 Å². The second-order valence-electron chi connectivity index (χ2n) is 6.50. The number of piperidine rings is 1. The molecule has 1 aromatic rings. The Labute approximate surface area is 138 Å². The van der Waals surface area contributed by atoms with Crippen molar-refractivity contribution in [3.8, 4) is 0 Å². The van der Waals surface area contributed by atoms with E-state index in [-0.39, 0.29) is 24.2 Å². The van der Waals surface area contributed by atoms with Crippen molar-refractivity contribution in [2.75, 3.05) is 18.0 Å². The van der Waals surface area contributed by atoms with Crippen molar-refractivity contribution in [2.45, 2.75) is 25.4 Å². The number of hydrogen-bond acceptors (Lipinski definition) is 5. The number of imide groups is 1. The van der Waals surface area contributed by atoms with Crippen LogP contribution in [0, 0.1) is 5.92 Å². The van der Waals surface area contributed by atoms with Gasteiger partial charge in [-0.2, -0.15) is 0 Å². The summed E-state index contributed by atoms with van der Waals surface area (Å²) in [5.74, 6) is -0.821. The van der Waals surface area contributed by atoms with Crippen LogP contribution in [0.4, 0.5) is 5.69 Å². The van der Waals surface area contributed by atoms with Gasteiger partial charge in [-0.15, -0.1) is 0 Å². The lowest BCUT2D eigenvalue weighted by Gasteiger charge is -2.39. The highest BCUT2D eigenvalue weighted by atomic mass is 16.2. The largest absolute Gasteiger partial charge is 0.370 e. The third-order valence-corrected chi connectivity index (χ3v) is 5.00. The summed E-state index contributed by atoms with van der Waals surface area (Å²) in [6, 6.07) is 4.94. The molecule has 124 valence electrons. The van der Waals surface area contributed by atoms with Crippen LogP contribution in [-0.2, 0) is 20.9 Å². The van der Waals surface area contributed by atoms with Gasteiger partial charge >= 0.3 is 0 Å². The van der Waals surface area contributed by atoms with Crippen LogP contribution in [0.15, 0.2) is 18.2 Å². The first-order valence-corrected chi connectivity index (χ1v) is 8.05. The Balaban J connectivity index is 1.59. The van der Waals surface area contributed by atoms with Crippen molar-refractivity contribution in [1.82, 2.24) is 10.2 Å². The van der Waals surface area contributed by atoms with Crippen molar-refractivity contribution in [3.05, 3.63) is 29.3 Å². The highest BCUT2D eigenvalue weighted by molar-refractivity contribution is 6.06. The molecule has 0 bridgehead atoms. The Morgan fingerprint density at radius 2 is 1.96 bits per heavy atom. The Hall–Kier alpha value is -2.70. The van der Waals surface area contributed by atoms with E-state index in [1.54, 1.807) is 11.0 Å². The molecule has 2 fully saturated rings. The van der Waals surface area contributed by atoms with Crippen molar-refractivity contribution in [2.24, 2.45) is 5.92 Å². The van der Waals surface area contributed by atoms with E-state index in [1.165, 1.54) is 0 Å². The molecule has 0 spiro atoms. The number of rotatable bonds is 3. The van der Waals surface area contributed by atoms with Crippen LogP contribution in [0.25, 0.3) is 0 Å². The standard InChI is InChI=1S/C17H17N3O4/c21-9-10-6-19(7-10)13-3-1-2-11-12(13)8-20(17(11)24)14-4-5-15(22)18-16(14)23/h1-3,9-10,14H,4-8H2,(H,18,22,23). The van der Waals surface area contributed by atoms with Gasteiger partial charge in [0.2, 0.25) is 11.8 Å². The fourth-order valence-electron chi connectivity index (χ4n) is 3.66. The number of carbonyl (C=O) groups excluding carboxylic acids is 4. The summed E-state index contributed by atoms with van der Waals surface area (Å²) in [5, 5.41) is 2.31. The minimum absolute atomic E-state index is 0.0456. The summed E-state index contributed by atoms with van der Waals surface area (Å²) in [4.78, 5) is 50.5. The van der Waals surface area contributed by atoms with Gasteiger partial charge in [0.15, 0.2) is 0 Å². The molecule has 0 radical (unpaired) electrons. The van der Waals surface area contributed by atoms with Crippen molar-refractivity contribution < 1.29 is 19.2 Å². The summed E-state index contributed by atoms with van der Waals surface area (Å²) in [5.41, 5.74) is 2.46. The monoisotopic (exact) mass is 327 g/mol. The van der Waals surface area contributed by atoms with E-state index < -0.39 is 11.9 Å². The first-order valence-electron chi connectivity index (χ1n) is 8.05. The lowest BCUT2D eigenvalue weighted by Crippen LogP contribution is -2.52. The van der Waals surface area contributed by atoms with Gasteiger partial charge in [-0.25, -0.2) is 0 Å². The summed E-state index contributed by atoms with van der Waals surface area (Å²) in [6.45, 7) is 1.68. The third kappa shape index (κ3) is 2.19. The van der Waals surface area contributed by atoms with Crippen molar-refractivity contribution >= 4 is 29.7 Å². The van der Waals surface area contributed by atoms with Crippen LogP contribution in [0.3, 0.4) is 0 Å². The van der Waals surface area contributed by atoms with E-state index in [4.69, 9.17) is 0 Å². The third-order valence-electron chi connectivity index (χ3n) is 5.00. The molecular formula is C17H17N3O4. The molecule has 3 amide bonds. The number of carbonyl (C=O) groups is 4. The number of nitrogens with one attached hydrogen (secondary N) is 1. The molecule has 1 unspecified atom stereocenters. The fraction of sp³-hybridized carbons (Fsp3) is 0.412. The molecule has 7 heteroatoms. The smallest absolute Gasteiger partial charge is 0.255 e. The molecule has 1 aromatic carbocycles. The van der Waals surface area contributed by atoms with Gasteiger partial charge < -0.3 is 14.6 Å². The van der Waals surface area contributed by atoms with Crippen molar-refractivity contribution in [3.63, 3.8) is 0 Å². The van der Waals surface area contributed by atoms with Gasteiger partial charge in [-0.05, 0) is 18.6 Å². The summed E-state index contributed by atoms with van der Waals surface area (Å²) >= 11 is 0. The van der Waals surface area contributed by atoms with E-state index in [0.717, 1.165) is 17.5 Å². The van der Waals surface area contributed by atoms with Crippen LogP contribution < -0.4 is 10.2 Å². The molecule has 3 aliphatic heterocycles. The molecule has 0 aliphatic carbocycles. The van der Waals surface area contributed by atoms with Crippen LogP contribution in [0.1, 0.15) is 28.8 Å². The van der Waals surface area contributed by atoms with E-state index in [1.807, 2.05) is 12.1 Å². The molecule has 3 heterocycles. The number of hydrogen-bond donors (Lipinski definition) is 1. The van der Waals surface area contributed by atoms with Gasteiger partial charge in [-0.1, -0.05) is 6.07 Å². The normalized spacial score (nSPS) is 23.8. The maximum atomic E-state index is 12.7. The molecule has 0 aromatic heterocycles. The van der Waals surface area contributed by atoms with Crippen LogP contribution >= 0.6 is 0 Å². The zero-order chi connectivity index (χ0) is 16.8. The Kier molecular flexibility index (Phi) is 3.37. The number of benzene rings is 1. The number of aldehydes is 1. The first kappa shape index (κ1) is 14.9. The minimum atomic E-state index is -0.602. The second-order valence-corrected chi connectivity index (χ2v) is 6.50. The SMILES string of the molecule is O=CC1CN(c2cccc3c2CN(C2CCC(=O)NC2=O)C3=O)C1. The summed E-state index contributed by atoms with van der Waals surface area (Å²) in [7, 11) is 0. The molecule has 7 nitrogen and oxygen atoms in total. The number of nitrogens with zero attached hydrogens (tertiary/aromatic N) is 2. The van der Waals surface area contributed by atoms with Crippen LogP contribution in [0.5, 0.6) is 0 Å². The van der Waals surface area contributed by atoms with E-state index in [0.29, 0.717) is 31.6 Å². The number of anilines is 1. The fourth-order valence-corrected chi connectivity index (χ4v) is 3.66. The first-order chi connectivity index (χ1) is 11.6. The highest BCUT2D eigenvalue weighted by Crippen LogP contribution is 2.36. The molecule has 0 saturated carbocycles. The van der Waals surface area contributed by atoms with Gasteiger partial charge in [0.1, 0.15) is 12.3 Å². The predicted octanol–water partition coefficient (Wildman–Crippen LogP) is 0.0827. The zero-order valence-electron chi connectivity index (χ0n) is 13.0. The van der Waals surface area contributed by atoms with Crippen LogP contribution in [-0.4, -0.2) is 48.0 Å². The second kappa shape index (κ2) is 5.43. The van der Waals surface area contributed by atoms with Crippen molar-refractivity contribution in [1.29, 1.82) is 0 Å². The molecule has 1 N–H and O–H groups in total. The lowest BCUT2D eigenvalue weighted by atomic mass is 9.98. The van der Waals surface area contributed by atoms with E-state index in [9.17, 15) is 19.2 Å². The Morgan fingerprint density at radius 1 is 1.17 bits per heavy atom. The molecule has 3 aliphatic rings. The average molecular weight is 327 g/mol. The number of amides is 3. The lowest BCUT2D eigenvalue weighted by molar-refractivity contribution is -0.136. The molecule has 2 saturated heterocycles. The van der Waals surface area contributed by atoms with Crippen LogP contribution in [0.2, 0.25) is 0 Å². The Morgan fingerprint density at radius 3 is 2.67 bits per heavy atom. The maximum absolute atomic E-state index is 12.7. The summed E-state index contributed by atoms with van der Waals surface area (Å²) < 4.78 is 0.